The van der Waals surface area contributed by atoms with Gasteiger partial charge >= 0.3 is 6.61 Å². The second-order valence-electron chi connectivity index (χ2n) is 5.53. The number of ether oxygens (including phenoxy) is 2. The summed E-state index contributed by atoms with van der Waals surface area (Å²) < 4.78 is 34.1. The maximum absolute atomic E-state index is 12.4. The van der Waals surface area contributed by atoms with Crippen molar-refractivity contribution in [3.8, 4) is 11.5 Å². The molecular weight excluding hydrogens is 328 g/mol. The van der Waals surface area contributed by atoms with Gasteiger partial charge in [-0.1, -0.05) is 31.2 Å². The maximum Gasteiger partial charge on any atom is 0.387 e. The third kappa shape index (κ3) is 4.92. The number of benzene rings is 2. The Balaban J connectivity index is 2.11. The number of halogens is 2. The molecule has 6 heteroatoms. The molecule has 2 rings (SSSR count). The summed E-state index contributed by atoms with van der Waals surface area (Å²) in [6.45, 7) is 0.999. The number of amides is 1. The van der Waals surface area contributed by atoms with Crippen molar-refractivity contribution < 1.29 is 23.0 Å². The lowest BCUT2D eigenvalue weighted by Crippen LogP contribution is -2.26. The number of carbonyl (C=O) groups is 1. The fraction of sp³-hybridized carbons (Fsp3) is 0.316. The van der Waals surface area contributed by atoms with E-state index < -0.39 is 6.61 Å². The Hall–Kier alpha value is -2.63. The molecule has 0 heterocycles. The van der Waals surface area contributed by atoms with Crippen LogP contribution in [0.5, 0.6) is 11.5 Å². The molecule has 0 saturated carbocycles. The summed E-state index contributed by atoms with van der Waals surface area (Å²) in [7, 11) is 1.33. The van der Waals surface area contributed by atoms with Crippen molar-refractivity contribution >= 4 is 5.91 Å². The molecule has 0 spiro atoms. The van der Waals surface area contributed by atoms with Crippen LogP contribution in [-0.2, 0) is 6.42 Å². The number of hydrogen-bond donors (Lipinski definition) is 1. The summed E-state index contributed by atoms with van der Waals surface area (Å²) >= 11 is 0. The second kappa shape index (κ2) is 8.46. The smallest absolute Gasteiger partial charge is 0.387 e. The molecular formula is C19H21F2NO3. The first-order chi connectivity index (χ1) is 11.9. The van der Waals surface area contributed by atoms with Gasteiger partial charge < -0.3 is 14.8 Å². The molecule has 0 fully saturated rings. The van der Waals surface area contributed by atoms with E-state index in [0.717, 1.165) is 12.0 Å². The minimum Gasteiger partial charge on any atom is -0.493 e. The molecule has 2 aromatic rings. The molecule has 0 bridgehead atoms. The molecule has 0 aromatic heterocycles. The zero-order valence-electron chi connectivity index (χ0n) is 14.4. The highest BCUT2D eigenvalue weighted by Gasteiger charge is 2.16. The van der Waals surface area contributed by atoms with E-state index in [9.17, 15) is 13.6 Å². The number of hydrogen-bond acceptors (Lipinski definition) is 3. The normalized spacial score (nSPS) is 11.9. The lowest BCUT2D eigenvalue weighted by atomic mass is 10.0. The van der Waals surface area contributed by atoms with Crippen molar-refractivity contribution in [2.45, 2.75) is 32.9 Å². The summed E-state index contributed by atoms with van der Waals surface area (Å²) in [5.74, 6) is -0.362. The predicted molar refractivity (Wildman–Crippen MR) is 91.3 cm³/mol. The number of carbonyl (C=O) groups excluding carboxylic acids is 1. The largest absolute Gasteiger partial charge is 0.493 e. The van der Waals surface area contributed by atoms with Crippen LogP contribution < -0.4 is 14.8 Å². The van der Waals surface area contributed by atoms with E-state index >= 15 is 0 Å². The molecule has 0 aliphatic heterocycles. The highest BCUT2D eigenvalue weighted by atomic mass is 19.3. The first-order valence-electron chi connectivity index (χ1n) is 7.97. The topological polar surface area (TPSA) is 47.6 Å². The second-order valence-corrected chi connectivity index (χ2v) is 5.53. The number of aryl methyl sites for hydroxylation is 1. The van der Waals surface area contributed by atoms with Gasteiger partial charge in [0.15, 0.2) is 11.5 Å². The fourth-order valence-electron chi connectivity index (χ4n) is 2.41. The standard InChI is InChI=1S/C19H21F2NO3/c1-4-13-5-7-14(8-6-13)12(2)22-18(23)15-9-10-16(25-19(20)21)17(11-15)24-3/h5-12,19H,4H2,1-3H3,(H,22,23). The Morgan fingerprint density at radius 3 is 2.36 bits per heavy atom. The number of alkyl halides is 2. The molecule has 4 nitrogen and oxygen atoms in total. The minimum atomic E-state index is -2.96. The fourth-order valence-corrected chi connectivity index (χ4v) is 2.41. The van der Waals surface area contributed by atoms with Gasteiger partial charge in [-0.25, -0.2) is 0 Å². The Morgan fingerprint density at radius 1 is 1.12 bits per heavy atom. The van der Waals surface area contributed by atoms with Gasteiger partial charge in [-0.05, 0) is 42.7 Å². The Kier molecular flexibility index (Phi) is 6.33. The summed E-state index contributed by atoms with van der Waals surface area (Å²) in [6.07, 6.45) is 0.952. The molecule has 134 valence electrons. The summed E-state index contributed by atoms with van der Waals surface area (Å²) in [5.41, 5.74) is 2.51. The van der Waals surface area contributed by atoms with Crippen molar-refractivity contribution in [1.82, 2.24) is 5.32 Å². The maximum atomic E-state index is 12.4. The van der Waals surface area contributed by atoms with Gasteiger partial charge in [0.05, 0.1) is 13.2 Å². The summed E-state index contributed by atoms with van der Waals surface area (Å²) in [6, 6.07) is 11.9. The van der Waals surface area contributed by atoms with Crippen molar-refractivity contribution in [1.29, 1.82) is 0 Å². The zero-order chi connectivity index (χ0) is 18.4. The van der Waals surface area contributed by atoms with Crippen molar-refractivity contribution in [3.05, 3.63) is 59.2 Å². The SMILES string of the molecule is CCc1ccc(C(C)NC(=O)c2ccc(OC(F)F)c(OC)c2)cc1. The molecule has 2 aromatic carbocycles. The highest BCUT2D eigenvalue weighted by molar-refractivity contribution is 5.95. The molecule has 0 saturated heterocycles. The first-order valence-corrected chi connectivity index (χ1v) is 7.97. The van der Waals surface area contributed by atoms with Crippen LogP contribution in [-0.4, -0.2) is 19.6 Å². The van der Waals surface area contributed by atoms with Crippen LogP contribution in [0.15, 0.2) is 42.5 Å². The van der Waals surface area contributed by atoms with Gasteiger partial charge in [-0.3, -0.25) is 4.79 Å². The van der Waals surface area contributed by atoms with Crippen LogP contribution in [0, 0.1) is 0 Å². The molecule has 0 radical (unpaired) electrons. The number of methoxy groups -OCH3 is 1. The lowest BCUT2D eigenvalue weighted by molar-refractivity contribution is -0.0512. The molecule has 0 aliphatic carbocycles. The van der Waals surface area contributed by atoms with Crippen molar-refractivity contribution in [3.63, 3.8) is 0 Å². The van der Waals surface area contributed by atoms with Gasteiger partial charge in [0.1, 0.15) is 0 Å². The lowest BCUT2D eigenvalue weighted by Gasteiger charge is -2.16. The Labute approximate surface area is 145 Å². The van der Waals surface area contributed by atoms with E-state index in [1.807, 2.05) is 31.2 Å². The van der Waals surface area contributed by atoms with E-state index in [4.69, 9.17) is 4.74 Å². The molecule has 25 heavy (non-hydrogen) atoms. The van der Waals surface area contributed by atoms with Crippen LogP contribution in [0.1, 0.15) is 41.4 Å². The summed E-state index contributed by atoms with van der Waals surface area (Å²) in [5, 5.41) is 2.88. The van der Waals surface area contributed by atoms with Gasteiger partial charge in [-0.15, -0.1) is 0 Å². The van der Waals surface area contributed by atoms with Crippen molar-refractivity contribution in [2.75, 3.05) is 7.11 Å². The summed E-state index contributed by atoms with van der Waals surface area (Å²) in [4.78, 5) is 12.4. The molecule has 0 aliphatic rings. The van der Waals surface area contributed by atoms with Gasteiger partial charge in [-0.2, -0.15) is 8.78 Å². The average Bonchev–Trinajstić information content (AvgIpc) is 2.61. The molecule has 1 unspecified atom stereocenters. The van der Waals surface area contributed by atoms with Crippen molar-refractivity contribution in [2.24, 2.45) is 0 Å². The third-order valence-corrected chi connectivity index (χ3v) is 3.88. The van der Waals surface area contributed by atoms with Crippen LogP contribution in [0.4, 0.5) is 8.78 Å². The highest BCUT2D eigenvalue weighted by Crippen LogP contribution is 2.29. The first kappa shape index (κ1) is 18.7. The van der Waals surface area contributed by atoms with Crippen LogP contribution in [0.2, 0.25) is 0 Å². The van der Waals surface area contributed by atoms with E-state index in [2.05, 4.69) is 17.0 Å². The predicted octanol–water partition coefficient (Wildman–Crippen LogP) is 4.35. The van der Waals surface area contributed by atoms with Crippen LogP contribution >= 0.6 is 0 Å². The number of nitrogens with one attached hydrogen (secondary N) is 1. The van der Waals surface area contributed by atoms with Gasteiger partial charge in [0.25, 0.3) is 5.91 Å². The van der Waals surface area contributed by atoms with Crippen LogP contribution in [0.3, 0.4) is 0 Å². The zero-order valence-corrected chi connectivity index (χ0v) is 14.4. The number of rotatable bonds is 7. The van der Waals surface area contributed by atoms with Crippen LogP contribution in [0.25, 0.3) is 0 Å². The third-order valence-electron chi connectivity index (χ3n) is 3.88. The average molecular weight is 349 g/mol. The van der Waals surface area contributed by atoms with E-state index in [0.29, 0.717) is 5.56 Å². The molecule has 1 N–H and O–H groups in total. The minimum absolute atomic E-state index is 0.0768. The van der Waals surface area contributed by atoms with Gasteiger partial charge in [0.2, 0.25) is 0 Å². The monoisotopic (exact) mass is 349 g/mol. The molecule has 1 amide bonds. The van der Waals surface area contributed by atoms with Gasteiger partial charge in [0, 0.05) is 5.56 Å². The van der Waals surface area contributed by atoms with E-state index in [-0.39, 0.29) is 23.4 Å². The van der Waals surface area contributed by atoms with E-state index in [1.54, 1.807) is 0 Å². The quantitative estimate of drug-likeness (QED) is 0.808. The Morgan fingerprint density at radius 2 is 1.80 bits per heavy atom. The van der Waals surface area contributed by atoms with E-state index in [1.165, 1.54) is 30.9 Å². The Bertz CT molecular complexity index is 717. The molecule has 1 atom stereocenters.